The van der Waals surface area contributed by atoms with E-state index < -0.39 is 5.60 Å². The molecule has 0 radical (unpaired) electrons. The lowest BCUT2D eigenvalue weighted by Gasteiger charge is -2.35. The fourth-order valence-electron chi connectivity index (χ4n) is 2.48. The number of nitrogens with zero attached hydrogens (tertiary/aromatic N) is 2. The highest BCUT2D eigenvalue weighted by atomic mass is 16.6. The average Bonchev–Trinajstić information content (AvgIpc) is 2.62. The van der Waals surface area contributed by atoms with Crippen molar-refractivity contribution in [2.24, 2.45) is 0 Å². The third-order valence-electron chi connectivity index (χ3n) is 3.94. The number of hydrogen-bond acceptors (Lipinski definition) is 4. The molecule has 0 N–H and O–H groups in total. The van der Waals surface area contributed by atoms with Gasteiger partial charge in [-0.2, -0.15) is 0 Å². The fraction of sp³-hybridized carbons (Fsp3) is 0.619. The Kier molecular flexibility index (Phi) is 8.60. The smallest absolute Gasteiger partial charge is 0.415 e. The maximum atomic E-state index is 12.3. The molecule has 1 aromatic carbocycles. The van der Waals surface area contributed by atoms with Gasteiger partial charge in [-0.15, -0.1) is 0 Å². The molecule has 1 heterocycles. The molecule has 0 bridgehead atoms. The van der Waals surface area contributed by atoms with Gasteiger partial charge in [0.25, 0.3) is 0 Å². The second-order valence-electron chi connectivity index (χ2n) is 7.55. The zero-order chi connectivity index (χ0) is 20.6. The van der Waals surface area contributed by atoms with Crippen molar-refractivity contribution < 1.29 is 19.1 Å². The average molecular weight is 379 g/mol. The molecule has 1 saturated heterocycles. The summed E-state index contributed by atoms with van der Waals surface area (Å²) in [6, 6.07) is 7.55. The first kappa shape index (κ1) is 22.8. The minimum absolute atomic E-state index is 0.343. The molecule has 1 aliphatic heterocycles. The van der Waals surface area contributed by atoms with Gasteiger partial charge in [0.05, 0.1) is 0 Å². The number of benzene rings is 1. The molecule has 27 heavy (non-hydrogen) atoms. The number of piperazine rings is 1. The number of hydrogen-bond donors (Lipinski definition) is 0. The van der Waals surface area contributed by atoms with E-state index in [9.17, 15) is 9.59 Å². The van der Waals surface area contributed by atoms with Crippen molar-refractivity contribution >= 4 is 12.2 Å². The topological polar surface area (TPSA) is 59.1 Å². The highest BCUT2D eigenvalue weighted by Gasteiger charge is 2.28. The van der Waals surface area contributed by atoms with Gasteiger partial charge in [-0.25, -0.2) is 9.59 Å². The Morgan fingerprint density at radius 1 is 0.889 bits per heavy atom. The Morgan fingerprint density at radius 2 is 1.33 bits per heavy atom. The SMILES string of the molecule is CC.CC(C)c1ccc(OC(=O)N2CCN(C(=O)OC(C)(C)C)CC2)cc1. The first-order chi connectivity index (χ1) is 12.7. The molecule has 2 amide bonds. The zero-order valence-electron chi connectivity index (χ0n) is 17.7. The van der Waals surface area contributed by atoms with Crippen LogP contribution >= 0.6 is 0 Å². The van der Waals surface area contributed by atoms with Gasteiger partial charge in [0, 0.05) is 26.2 Å². The van der Waals surface area contributed by atoms with Crippen LogP contribution in [0.5, 0.6) is 5.75 Å². The molecule has 0 saturated carbocycles. The summed E-state index contributed by atoms with van der Waals surface area (Å²) in [4.78, 5) is 27.5. The molecule has 2 rings (SSSR count). The lowest BCUT2D eigenvalue weighted by Crippen LogP contribution is -2.52. The van der Waals surface area contributed by atoms with Crippen LogP contribution in [0.15, 0.2) is 24.3 Å². The van der Waals surface area contributed by atoms with E-state index in [2.05, 4.69) is 13.8 Å². The van der Waals surface area contributed by atoms with Crippen LogP contribution in [0.25, 0.3) is 0 Å². The zero-order valence-corrected chi connectivity index (χ0v) is 17.7. The van der Waals surface area contributed by atoms with E-state index in [-0.39, 0.29) is 12.2 Å². The van der Waals surface area contributed by atoms with Crippen molar-refractivity contribution in [2.45, 2.75) is 60.0 Å². The minimum atomic E-state index is -0.519. The highest BCUT2D eigenvalue weighted by molar-refractivity contribution is 5.72. The van der Waals surface area contributed by atoms with E-state index in [1.807, 2.05) is 58.9 Å². The summed E-state index contributed by atoms with van der Waals surface area (Å²) in [7, 11) is 0. The van der Waals surface area contributed by atoms with E-state index in [1.165, 1.54) is 5.56 Å². The number of ether oxygens (including phenoxy) is 2. The molecule has 0 aromatic heterocycles. The molecule has 1 aliphatic rings. The van der Waals surface area contributed by atoms with Crippen LogP contribution in [0.2, 0.25) is 0 Å². The van der Waals surface area contributed by atoms with E-state index in [0.29, 0.717) is 37.8 Å². The summed E-state index contributed by atoms with van der Waals surface area (Å²) >= 11 is 0. The maximum Gasteiger partial charge on any atom is 0.415 e. The van der Waals surface area contributed by atoms with Gasteiger partial charge < -0.3 is 19.3 Å². The Balaban J connectivity index is 0.00000176. The predicted molar refractivity (Wildman–Crippen MR) is 107 cm³/mol. The largest absolute Gasteiger partial charge is 0.444 e. The summed E-state index contributed by atoms with van der Waals surface area (Å²) in [5.41, 5.74) is 0.681. The van der Waals surface area contributed by atoms with Crippen molar-refractivity contribution in [3.8, 4) is 5.75 Å². The monoisotopic (exact) mass is 378 g/mol. The molecule has 0 spiro atoms. The van der Waals surface area contributed by atoms with Crippen molar-refractivity contribution in [1.29, 1.82) is 0 Å². The molecule has 0 aliphatic carbocycles. The lowest BCUT2D eigenvalue weighted by atomic mass is 10.0. The fourth-order valence-corrected chi connectivity index (χ4v) is 2.48. The van der Waals surface area contributed by atoms with Crippen LogP contribution in [0.4, 0.5) is 9.59 Å². The van der Waals surface area contributed by atoms with Crippen LogP contribution in [0.3, 0.4) is 0 Å². The summed E-state index contributed by atoms with van der Waals surface area (Å²) in [6.45, 7) is 15.5. The summed E-state index contributed by atoms with van der Waals surface area (Å²) in [5.74, 6) is 0.967. The summed E-state index contributed by atoms with van der Waals surface area (Å²) < 4.78 is 10.8. The van der Waals surface area contributed by atoms with Crippen LogP contribution < -0.4 is 4.74 Å². The molecule has 0 atom stereocenters. The van der Waals surface area contributed by atoms with Crippen molar-refractivity contribution in [1.82, 2.24) is 9.80 Å². The Hall–Kier alpha value is -2.24. The van der Waals surface area contributed by atoms with E-state index in [4.69, 9.17) is 9.47 Å². The van der Waals surface area contributed by atoms with E-state index in [0.717, 1.165) is 0 Å². The number of rotatable bonds is 2. The van der Waals surface area contributed by atoms with Gasteiger partial charge in [0.2, 0.25) is 0 Å². The van der Waals surface area contributed by atoms with Gasteiger partial charge >= 0.3 is 12.2 Å². The first-order valence-corrected chi connectivity index (χ1v) is 9.70. The van der Waals surface area contributed by atoms with Crippen LogP contribution in [0.1, 0.15) is 59.9 Å². The standard InChI is InChI=1S/C19H28N2O4.C2H6/c1-14(2)15-6-8-16(9-7-15)24-17(22)20-10-12-21(13-11-20)18(23)25-19(3,4)5;1-2/h6-9,14H,10-13H2,1-5H3;1-2H3. The molecule has 1 aromatic rings. The Bertz CT molecular complexity index is 598. The third-order valence-corrected chi connectivity index (χ3v) is 3.94. The van der Waals surface area contributed by atoms with Crippen LogP contribution in [-0.2, 0) is 4.74 Å². The van der Waals surface area contributed by atoms with Crippen molar-refractivity contribution in [3.63, 3.8) is 0 Å². The van der Waals surface area contributed by atoms with Gasteiger partial charge in [-0.1, -0.05) is 39.8 Å². The third kappa shape index (κ3) is 7.49. The predicted octanol–water partition coefficient (Wildman–Crippen LogP) is 4.89. The minimum Gasteiger partial charge on any atom is -0.444 e. The molecule has 6 heteroatoms. The van der Waals surface area contributed by atoms with Crippen molar-refractivity contribution in [3.05, 3.63) is 29.8 Å². The Morgan fingerprint density at radius 3 is 1.74 bits per heavy atom. The van der Waals surface area contributed by atoms with Crippen LogP contribution in [-0.4, -0.2) is 53.8 Å². The molecular weight excluding hydrogens is 344 g/mol. The molecule has 1 fully saturated rings. The van der Waals surface area contributed by atoms with Gasteiger partial charge in [-0.3, -0.25) is 0 Å². The lowest BCUT2D eigenvalue weighted by molar-refractivity contribution is 0.0154. The molecule has 0 unspecified atom stereocenters. The van der Waals surface area contributed by atoms with Gasteiger partial charge in [-0.05, 0) is 44.4 Å². The van der Waals surface area contributed by atoms with Gasteiger partial charge in [0.15, 0.2) is 0 Å². The maximum absolute atomic E-state index is 12.3. The number of carbonyl (C=O) groups is 2. The summed E-state index contributed by atoms with van der Waals surface area (Å²) in [6.07, 6.45) is -0.731. The first-order valence-electron chi connectivity index (χ1n) is 9.70. The van der Waals surface area contributed by atoms with Gasteiger partial charge in [0.1, 0.15) is 11.4 Å². The molecule has 152 valence electrons. The second-order valence-corrected chi connectivity index (χ2v) is 7.55. The van der Waals surface area contributed by atoms with E-state index >= 15 is 0 Å². The normalized spacial score (nSPS) is 14.4. The summed E-state index contributed by atoms with van der Waals surface area (Å²) in [5, 5.41) is 0. The molecule has 6 nitrogen and oxygen atoms in total. The van der Waals surface area contributed by atoms with E-state index in [1.54, 1.807) is 9.80 Å². The Labute approximate surface area is 163 Å². The number of carbonyl (C=O) groups excluding carboxylic acids is 2. The second kappa shape index (κ2) is 10.2. The van der Waals surface area contributed by atoms with Crippen molar-refractivity contribution in [2.75, 3.05) is 26.2 Å². The highest BCUT2D eigenvalue weighted by Crippen LogP contribution is 2.19. The molecular formula is C21H34N2O4. The van der Waals surface area contributed by atoms with Crippen LogP contribution in [0, 0.1) is 0 Å². The number of amides is 2. The quantitative estimate of drug-likeness (QED) is 0.735.